The molecule has 0 spiro atoms. The molecule has 1 heterocycles. The molecule has 2 rings (SSSR count). The van der Waals surface area contributed by atoms with Gasteiger partial charge in [0, 0.05) is 5.56 Å². The number of thioether (sulfide) groups is 1. The molecule has 1 saturated heterocycles. The zero-order valence-electron chi connectivity index (χ0n) is 15.0. The van der Waals surface area contributed by atoms with Crippen LogP contribution in [0.15, 0.2) is 17.0 Å². The van der Waals surface area contributed by atoms with Gasteiger partial charge in [0.2, 0.25) is 5.75 Å². The van der Waals surface area contributed by atoms with Crippen molar-refractivity contribution >= 4 is 35.0 Å². The molecule has 26 heavy (non-hydrogen) atoms. The van der Waals surface area contributed by atoms with Gasteiger partial charge in [-0.1, -0.05) is 0 Å². The fourth-order valence-corrected chi connectivity index (χ4v) is 3.37. The minimum Gasteiger partial charge on any atom is -0.493 e. The van der Waals surface area contributed by atoms with Crippen molar-refractivity contribution in [3.05, 3.63) is 22.6 Å². The molecule has 140 valence electrons. The largest absolute Gasteiger partial charge is 0.493 e. The molecule has 0 aromatic heterocycles. The molecular weight excluding hydrogens is 362 g/mol. The predicted molar refractivity (Wildman–Crippen MR) is 95.4 cm³/mol. The van der Waals surface area contributed by atoms with E-state index in [1.165, 1.54) is 41.4 Å². The summed E-state index contributed by atoms with van der Waals surface area (Å²) in [6.07, 6.45) is 1.51. The molecule has 9 heteroatoms. The Labute approximate surface area is 155 Å². The summed E-state index contributed by atoms with van der Waals surface area (Å²) < 4.78 is 20.5. The van der Waals surface area contributed by atoms with E-state index in [9.17, 15) is 14.4 Å². The van der Waals surface area contributed by atoms with Gasteiger partial charge in [-0.3, -0.25) is 14.5 Å². The SMILES string of the molecule is COC(=O)[C@H](C)N1C(=O)S/C(=C/c2ccc(OC)c(OC)c2OC)C1=O. The number of esters is 1. The Morgan fingerprint density at radius 3 is 2.27 bits per heavy atom. The van der Waals surface area contributed by atoms with Crippen LogP contribution in [0, 0.1) is 0 Å². The van der Waals surface area contributed by atoms with Gasteiger partial charge in [-0.15, -0.1) is 0 Å². The highest BCUT2D eigenvalue weighted by molar-refractivity contribution is 8.18. The van der Waals surface area contributed by atoms with E-state index < -0.39 is 23.2 Å². The van der Waals surface area contributed by atoms with Crippen molar-refractivity contribution in [3.8, 4) is 17.2 Å². The molecule has 0 radical (unpaired) electrons. The van der Waals surface area contributed by atoms with Crippen LogP contribution in [-0.2, 0) is 14.3 Å². The lowest BCUT2D eigenvalue weighted by molar-refractivity contribution is -0.148. The molecule has 1 aromatic carbocycles. The zero-order chi connectivity index (χ0) is 19.4. The molecule has 1 aliphatic rings. The number of methoxy groups -OCH3 is 4. The van der Waals surface area contributed by atoms with Crippen LogP contribution in [0.2, 0.25) is 0 Å². The maximum absolute atomic E-state index is 12.6. The Bertz CT molecular complexity index is 775. The van der Waals surface area contributed by atoms with Gasteiger partial charge in [0.1, 0.15) is 6.04 Å². The third-order valence-electron chi connectivity index (χ3n) is 3.77. The minimum absolute atomic E-state index is 0.163. The summed E-state index contributed by atoms with van der Waals surface area (Å²) in [5, 5.41) is -0.543. The Balaban J connectivity index is 2.44. The lowest BCUT2D eigenvalue weighted by Gasteiger charge is -2.18. The summed E-state index contributed by atoms with van der Waals surface area (Å²) in [5.74, 6) is -0.0496. The van der Waals surface area contributed by atoms with Crippen molar-refractivity contribution in [3.63, 3.8) is 0 Å². The number of rotatable bonds is 6. The summed E-state index contributed by atoms with van der Waals surface area (Å²) in [6, 6.07) is 2.33. The molecule has 1 atom stereocenters. The summed E-state index contributed by atoms with van der Waals surface area (Å²) in [5.41, 5.74) is 0.529. The van der Waals surface area contributed by atoms with Gasteiger partial charge >= 0.3 is 5.97 Å². The van der Waals surface area contributed by atoms with E-state index in [1.54, 1.807) is 12.1 Å². The first-order chi connectivity index (χ1) is 12.4. The first-order valence-electron chi connectivity index (χ1n) is 7.53. The van der Waals surface area contributed by atoms with Crippen molar-refractivity contribution in [2.45, 2.75) is 13.0 Å². The Kier molecular flexibility index (Phi) is 6.14. The second-order valence-corrected chi connectivity index (χ2v) is 6.17. The minimum atomic E-state index is -1.01. The van der Waals surface area contributed by atoms with Crippen LogP contribution in [-0.4, -0.2) is 56.5 Å². The first-order valence-corrected chi connectivity index (χ1v) is 8.35. The van der Waals surface area contributed by atoms with E-state index in [2.05, 4.69) is 4.74 Å². The molecule has 0 saturated carbocycles. The van der Waals surface area contributed by atoms with Crippen molar-refractivity contribution in [1.29, 1.82) is 0 Å². The number of hydrogen-bond acceptors (Lipinski definition) is 8. The lowest BCUT2D eigenvalue weighted by atomic mass is 10.1. The molecule has 0 unspecified atom stereocenters. The molecular formula is C17H19NO7S. The van der Waals surface area contributed by atoms with Gasteiger partial charge in [-0.05, 0) is 36.9 Å². The van der Waals surface area contributed by atoms with E-state index in [0.29, 0.717) is 22.8 Å². The second-order valence-electron chi connectivity index (χ2n) is 5.17. The maximum Gasteiger partial charge on any atom is 0.328 e. The van der Waals surface area contributed by atoms with E-state index in [4.69, 9.17) is 14.2 Å². The molecule has 0 N–H and O–H groups in total. The number of nitrogens with zero attached hydrogens (tertiary/aromatic N) is 1. The van der Waals surface area contributed by atoms with E-state index >= 15 is 0 Å². The quantitative estimate of drug-likeness (QED) is 0.548. The molecule has 1 aromatic rings. The van der Waals surface area contributed by atoms with Crippen molar-refractivity contribution in [2.75, 3.05) is 28.4 Å². The third kappa shape index (κ3) is 3.48. The summed E-state index contributed by atoms with van der Waals surface area (Å²) in [4.78, 5) is 37.4. The standard InChI is InChI=1S/C17H19NO7S/c1-9(16(20)25-5)18-15(19)12(26-17(18)21)8-10-6-7-11(22-2)14(24-4)13(10)23-3/h6-9H,1-5H3/b12-8+/t9-/m0/s1. The lowest BCUT2D eigenvalue weighted by Crippen LogP contribution is -2.42. The van der Waals surface area contributed by atoms with Gasteiger partial charge in [0.05, 0.1) is 33.3 Å². The fourth-order valence-electron chi connectivity index (χ4n) is 2.47. The topological polar surface area (TPSA) is 91.4 Å². The Hall–Kier alpha value is -2.68. The van der Waals surface area contributed by atoms with Crippen LogP contribution >= 0.6 is 11.8 Å². The number of benzene rings is 1. The van der Waals surface area contributed by atoms with Crippen LogP contribution in [0.1, 0.15) is 12.5 Å². The molecule has 1 fully saturated rings. The van der Waals surface area contributed by atoms with E-state index in [1.807, 2.05) is 0 Å². The van der Waals surface area contributed by atoms with Gasteiger partial charge < -0.3 is 18.9 Å². The summed E-state index contributed by atoms with van der Waals surface area (Å²) in [6.45, 7) is 1.43. The molecule has 2 amide bonds. The van der Waals surface area contributed by atoms with Crippen LogP contribution in [0.3, 0.4) is 0 Å². The molecule has 0 bridgehead atoms. The predicted octanol–water partition coefficient (Wildman–Crippen LogP) is 2.31. The fraction of sp³-hybridized carbons (Fsp3) is 0.353. The zero-order valence-corrected chi connectivity index (χ0v) is 15.8. The third-order valence-corrected chi connectivity index (χ3v) is 4.66. The van der Waals surface area contributed by atoms with Crippen molar-refractivity contribution in [1.82, 2.24) is 4.90 Å². The monoisotopic (exact) mass is 381 g/mol. The van der Waals surface area contributed by atoms with E-state index in [-0.39, 0.29) is 4.91 Å². The first kappa shape index (κ1) is 19.6. The van der Waals surface area contributed by atoms with Crippen molar-refractivity contribution in [2.24, 2.45) is 0 Å². The van der Waals surface area contributed by atoms with Crippen LogP contribution in [0.25, 0.3) is 6.08 Å². The number of carbonyl (C=O) groups excluding carboxylic acids is 3. The highest BCUT2D eigenvalue weighted by atomic mass is 32.2. The Morgan fingerprint density at radius 2 is 1.73 bits per heavy atom. The molecule has 8 nitrogen and oxygen atoms in total. The smallest absolute Gasteiger partial charge is 0.328 e. The van der Waals surface area contributed by atoms with Crippen LogP contribution in [0.5, 0.6) is 17.2 Å². The van der Waals surface area contributed by atoms with Crippen LogP contribution in [0.4, 0.5) is 4.79 Å². The number of carbonyl (C=O) groups is 3. The number of amides is 2. The Morgan fingerprint density at radius 1 is 1.08 bits per heavy atom. The number of ether oxygens (including phenoxy) is 4. The average Bonchev–Trinajstić information content (AvgIpc) is 2.92. The average molecular weight is 381 g/mol. The van der Waals surface area contributed by atoms with Gasteiger partial charge in [-0.25, -0.2) is 4.79 Å². The van der Waals surface area contributed by atoms with Gasteiger partial charge in [-0.2, -0.15) is 0 Å². The van der Waals surface area contributed by atoms with Gasteiger partial charge in [0.25, 0.3) is 11.1 Å². The molecule has 1 aliphatic heterocycles. The normalized spacial score (nSPS) is 16.7. The van der Waals surface area contributed by atoms with Crippen LogP contribution < -0.4 is 14.2 Å². The summed E-state index contributed by atoms with van der Waals surface area (Å²) >= 11 is 0.739. The summed E-state index contributed by atoms with van der Waals surface area (Å²) in [7, 11) is 5.62. The maximum atomic E-state index is 12.6. The second kappa shape index (κ2) is 8.13. The van der Waals surface area contributed by atoms with E-state index in [0.717, 1.165) is 16.7 Å². The van der Waals surface area contributed by atoms with Crippen molar-refractivity contribution < 1.29 is 33.3 Å². The molecule has 0 aliphatic carbocycles. The van der Waals surface area contributed by atoms with Gasteiger partial charge in [0.15, 0.2) is 11.5 Å². The highest BCUT2D eigenvalue weighted by Crippen LogP contribution is 2.42. The number of hydrogen-bond donors (Lipinski definition) is 0. The highest BCUT2D eigenvalue weighted by Gasteiger charge is 2.41. The number of imide groups is 1.